The van der Waals surface area contributed by atoms with Gasteiger partial charge in [0.25, 0.3) is 0 Å². The topological polar surface area (TPSA) is 38.0 Å². The maximum absolute atomic E-state index is 10.2. The van der Waals surface area contributed by atoms with Crippen LogP contribution >= 0.6 is 0 Å². The van der Waals surface area contributed by atoms with E-state index in [1.54, 1.807) is 0 Å². The Labute approximate surface area is 98.5 Å². The van der Waals surface area contributed by atoms with Crippen LogP contribution in [0.1, 0.15) is 70.7 Å². The Morgan fingerprint density at radius 2 is 1.88 bits per heavy atom. The van der Waals surface area contributed by atoms with Gasteiger partial charge in [-0.15, -0.1) is 0 Å². The molecular formula is C13H24N2O. The van der Waals surface area contributed by atoms with Crippen LogP contribution in [0.15, 0.2) is 0 Å². The van der Waals surface area contributed by atoms with Crippen LogP contribution < -0.4 is 0 Å². The SMILES string of the molecule is CCCn1nc(C(C)C)c(O)c1C(C)CC. The largest absolute Gasteiger partial charge is 0.504 e. The lowest BCUT2D eigenvalue weighted by molar-refractivity contribution is 0.445. The zero-order valence-corrected chi connectivity index (χ0v) is 11.1. The molecule has 0 aliphatic heterocycles. The van der Waals surface area contributed by atoms with Gasteiger partial charge in [-0.2, -0.15) is 5.10 Å². The van der Waals surface area contributed by atoms with Crippen LogP contribution in [0.3, 0.4) is 0 Å². The minimum Gasteiger partial charge on any atom is -0.504 e. The zero-order valence-electron chi connectivity index (χ0n) is 11.1. The first-order valence-corrected chi connectivity index (χ1v) is 6.32. The minimum absolute atomic E-state index is 0.279. The summed E-state index contributed by atoms with van der Waals surface area (Å²) >= 11 is 0. The van der Waals surface area contributed by atoms with Gasteiger partial charge >= 0.3 is 0 Å². The van der Waals surface area contributed by atoms with Crippen molar-refractivity contribution >= 4 is 0 Å². The Kier molecular flexibility index (Phi) is 4.39. The summed E-state index contributed by atoms with van der Waals surface area (Å²) in [7, 11) is 0. The second kappa shape index (κ2) is 5.37. The summed E-state index contributed by atoms with van der Waals surface area (Å²) in [6, 6.07) is 0. The summed E-state index contributed by atoms with van der Waals surface area (Å²) in [5, 5.41) is 14.8. The van der Waals surface area contributed by atoms with Gasteiger partial charge in [-0.3, -0.25) is 4.68 Å². The van der Waals surface area contributed by atoms with E-state index in [1.807, 2.05) is 4.68 Å². The zero-order chi connectivity index (χ0) is 12.3. The van der Waals surface area contributed by atoms with Crippen LogP contribution in [-0.4, -0.2) is 14.9 Å². The third kappa shape index (κ3) is 2.39. The van der Waals surface area contributed by atoms with Crippen LogP contribution in [0.5, 0.6) is 5.75 Å². The van der Waals surface area contributed by atoms with E-state index in [1.165, 1.54) is 0 Å². The van der Waals surface area contributed by atoms with E-state index in [0.29, 0.717) is 11.7 Å². The van der Waals surface area contributed by atoms with E-state index in [2.05, 4.69) is 39.7 Å². The lowest BCUT2D eigenvalue weighted by atomic mass is 10.0. The third-order valence-corrected chi connectivity index (χ3v) is 3.05. The molecule has 1 aromatic rings. The molecule has 0 aliphatic rings. The fourth-order valence-corrected chi connectivity index (χ4v) is 1.94. The standard InChI is InChI=1S/C13H24N2O/c1-6-8-15-12(10(5)7-2)13(16)11(14-15)9(3)4/h9-10,16H,6-8H2,1-5H3. The Balaban J connectivity index is 3.20. The van der Waals surface area contributed by atoms with Crippen LogP contribution in [0.2, 0.25) is 0 Å². The van der Waals surface area contributed by atoms with Gasteiger partial charge in [-0.1, -0.05) is 34.6 Å². The molecule has 1 atom stereocenters. The van der Waals surface area contributed by atoms with Gasteiger partial charge in [0.2, 0.25) is 0 Å². The predicted molar refractivity (Wildman–Crippen MR) is 67.0 cm³/mol. The number of aromatic nitrogens is 2. The Morgan fingerprint density at radius 3 is 2.31 bits per heavy atom. The van der Waals surface area contributed by atoms with Gasteiger partial charge in [0.15, 0.2) is 5.75 Å². The van der Waals surface area contributed by atoms with Crippen molar-refractivity contribution in [1.29, 1.82) is 0 Å². The first kappa shape index (κ1) is 13.1. The van der Waals surface area contributed by atoms with Crippen molar-refractivity contribution in [1.82, 2.24) is 9.78 Å². The van der Waals surface area contributed by atoms with Gasteiger partial charge in [0.05, 0.1) is 5.69 Å². The monoisotopic (exact) mass is 224 g/mol. The molecule has 0 spiro atoms. The van der Waals surface area contributed by atoms with E-state index >= 15 is 0 Å². The summed E-state index contributed by atoms with van der Waals surface area (Å²) in [5.74, 6) is 1.06. The van der Waals surface area contributed by atoms with Gasteiger partial charge in [-0.25, -0.2) is 0 Å². The lowest BCUT2D eigenvalue weighted by Gasteiger charge is -2.11. The molecule has 3 heteroatoms. The van der Waals surface area contributed by atoms with Crippen molar-refractivity contribution < 1.29 is 5.11 Å². The Morgan fingerprint density at radius 1 is 1.25 bits per heavy atom. The average molecular weight is 224 g/mol. The van der Waals surface area contributed by atoms with Gasteiger partial charge in [-0.05, 0) is 12.8 Å². The Hall–Kier alpha value is -0.990. The lowest BCUT2D eigenvalue weighted by Crippen LogP contribution is -2.07. The molecule has 16 heavy (non-hydrogen) atoms. The predicted octanol–water partition coefficient (Wildman–Crippen LogP) is 3.64. The van der Waals surface area contributed by atoms with Gasteiger partial charge in [0, 0.05) is 18.4 Å². The molecule has 0 amide bonds. The molecule has 1 unspecified atom stereocenters. The summed E-state index contributed by atoms with van der Waals surface area (Å²) < 4.78 is 1.98. The second-order valence-corrected chi connectivity index (χ2v) is 4.81. The van der Waals surface area contributed by atoms with Crippen LogP contribution in [0, 0.1) is 0 Å². The van der Waals surface area contributed by atoms with E-state index in [0.717, 1.165) is 30.8 Å². The van der Waals surface area contributed by atoms with Crippen LogP contribution in [0.4, 0.5) is 0 Å². The number of rotatable bonds is 5. The van der Waals surface area contributed by atoms with Crippen LogP contribution in [0.25, 0.3) is 0 Å². The molecule has 0 bridgehead atoms. The van der Waals surface area contributed by atoms with Crippen molar-refractivity contribution in [2.45, 2.75) is 65.8 Å². The molecule has 0 fully saturated rings. The number of nitrogens with zero attached hydrogens (tertiary/aromatic N) is 2. The van der Waals surface area contributed by atoms with E-state index < -0.39 is 0 Å². The number of hydrogen-bond donors (Lipinski definition) is 1. The molecule has 1 N–H and O–H groups in total. The molecule has 3 nitrogen and oxygen atoms in total. The molecule has 0 radical (unpaired) electrons. The maximum Gasteiger partial charge on any atom is 0.160 e. The molecule has 92 valence electrons. The molecule has 1 rings (SSSR count). The van der Waals surface area contributed by atoms with Crippen LogP contribution in [-0.2, 0) is 6.54 Å². The molecule has 1 heterocycles. The summed E-state index contributed by atoms with van der Waals surface area (Å²) in [4.78, 5) is 0. The molecule has 1 aromatic heterocycles. The van der Waals surface area contributed by atoms with E-state index in [4.69, 9.17) is 0 Å². The molecular weight excluding hydrogens is 200 g/mol. The molecule has 0 aromatic carbocycles. The third-order valence-electron chi connectivity index (χ3n) is 3.05. The molecule has 0 saturated carbocycles. The fourth-order valence-electron chi connectivity index (χ4n) is 1.94. The summed E-state index contributed by atoms with van der Waals surface area (Å²) in [5.41, 5.74) is 1.84. The van der Waals surface area contributed by atoms with Gasteiger partial charge in [0.1, 0.15) is 5.69 Å². The minimum atomic E-state index is 0.279. The maximum atomic E-state index is 10.2. The van der Waals surface area contributed by atoms with Crippen molar-refractivity contribution in [3.8, 4) is 5.75 Å². The number of hydrogen-bond acceptors (Lipinski definition) is 2. The number of aryl methyl sites for hydroxylation is 1. The highest BCUT2D eigenvalue weighted by Crippen LogP contribution is 2.34. The highest BCUT2D eigenvalue weighted by atomic mass is 16.3. The highest BCUT2D eigenvalue weighted by Gasteiger charge is 2.22. The molecule has 0 aliphatic carbocycles. The van der Waals surface area contributed by atoms with E-state index in [9.17, 15) is 5.11 Å². The quantitative estimate of drug-likeness (QED) is 0.829. The van der Waals surface area contributed by atoms with Crippen molar-refractivity contribution in [3.63, 3.8) is 0 Å². The summed E-state index contributed by atoms with van der Waals surface area (Å²) in [6.07, 6.45) is 2.07. The highest BCUT2D eigenvalue weighted by molar-refractivity contribution is 5.36. The molecule has 0 saturated heterocycles. The number of aromatic hydroxyl groups is 1. The van der Waals surface area contributed by atoms with Crippen molar-refractivity contribution in [2.24, 2.45) is 0 Å². The smallest absolute Gasteiger partial charge is 0.160 e. The fraction of sp³-hybridized carbons (Fsp3) is 0.769. The first-order chi connectivity index (χ1) is 7.52. The second-order valence-electron chi connectivity index (χ2n) is 4.81. The Bertz CT molecular complexity index is 342. The summed E-state index contributed by atoms with van der Waals surface area (Å²) in [6.45, 7) is 11.4. The van der Waals surface area contributed by atoms with Crippen molar-refractivity contribution in [2.75, 3.05) is 0 Å². The van der Waals surface area contributed by atoms with E-state index in [-0.39, 0.29) is 5.92 Å². The first-order valence-electron chi connectivity index (χ1n) is 6.32. The average Bonchev–Trinajstić information content (AvgIpc) is 2.55. The van der Waals surface area contributed by atoms with Crippen molar-refractivity contribution in [3.05, 3.63) is 11.4 Å². The normalized spacial score (nSPS) is 13.4. The van der Waals surface area contributed by atoms with Gasteiger partial charge < -0.3 is 5.11 Å².